The van der Waals surface area contributed by atoms with Gasteiger partial charge in [0.1, 0.15) is 6.04 Å². The quantitative estimate of drug-likeness (QED) is 0.148. The number of nitro groups is 1. The van der Waals surface area contributed by atoms with Crippen LogP contribution in [0.1, 0.15) is 36.0 Å². The van der Waals surface area contributed by atoms with Crippen molar-refractivity contribution in [3.8, 4) is 0 Å². The molecule has 1 aliphatic heterocycles. The third kappa shape index (κ3) is 5.33. The van der Waals surface area contributed by atoms with E-state index in [2.05, 4.69) is 15.0 Å². The van der Waals surface area contributed by atoms with E-state index in [4.69, 9.17) is 4.74 Å². The van der Waals surface area contributed by atoms with Gasteiger partial charge in [-0.3, -0.25) is 24.3 Å². The third-order valence-electron chi connectivity index (χ3n) is 5.86. The number of hydrogen-bond donors (Lipinski definition) is 1. The van der Waals surface area contributed by atoms with E-state index in [0.717, 1.165) is 28.0 Å². The first kappa shape index (κ1) is 27.4. The molecule has 1 aromatic carbocycles. The van der Waals surface area contributed by atoms with Crippen LogP contribution in [-0.2, 0) is 9.53 Å². The Hall–Kier alpha value is -4.14. The number of aryl methyl sites for hydroxylation is 1. The average molecular weight is 596 g/mol. The molecule has 5 rings (SSSR count). The van der Waals surface area contributed by atoms with Crippen LogP contribution in [-0.4, -0.2) is 32.0 Å². The minimum absolute atomic E-state index is 0.181. The van der Waals surface area contributed by atoms with Gasteiger partial charge in [0.2, 0.25) is 0 Å². The molecule has 1 unspecified atom stereocenters. The summed E-state index contributed by atoms with van der Waals surface area (Å²) in [4.78, 5) is 62.5. The Labute approximate surface area is 238 Å². The zero-order valence-corrected chi connectivity index (χ0v) is 23.8. The van der Waals surface area contributed by atoms with Gasteiger partial charge >= 0.3 is 5.97 Å². The molecule has 1 aliphatic rings. The van der Waals surface area contributed by atoms with Crippen molar-refractivity contribution in [2.24, 2.45) is 4.99 Å². The van der Waals surface area contributed by atoms with Crippen LogP contribution in [0.3, 0.4) is 0 Å². The Kier molecular flexibility index (Phi) is 7.65. The van der Waals surface area contributed by atoms with Gasteiger partial charge in [0.05, 0.1) is 32.2 Å². The maximum Gasteiger partial charge on any atom is 0.338 e. The maximum absolute atomic E-state index is 13.7. The number of thiazole rings is 1. The van der Waals surface area contributed by atoms with Crippen LogP contribution >= 0.6 is 34.4 Å². The second-order valence-electron chi connectivity index (χ2n) is 8.60. The number of esters is 1. The normalized spacial score (nSPS) is 15.1. The summed E-state index contributed by atoms with van der Waals surface area (Å²) >= 11 is 3.52. The molecule has 40 heavy (non-hydrogen) atoms. The van der Waals surface area contributed by atoms with Gasteiger partial charge in [-0.05, 0) is 61.7 Å². The predicted molar refractivity (Wildman–Crippen MR) is 152 cm³/mol. The molecule has 0 radical (unpaired) electrons. The SMILES string of the molecule is CCOC(=O)C1=C(C)N=c2s/c(=C/c3ccc(Sc4nc(C)cc(=O)[nH]4)c([N+](=O)[O-])c3)c(=O)n2C1c1cccs1. The highest BCUT2D eigenvalue weighted by Crippen LogP contribution is 2.34. The van der Waals surface area contributed by atoms with Gasteiger partial charge in [-0.1, -0.05) is 23.5 Å². The van der Waals surface area contributed by atoms with Crippen molar-refractivity contribution in [2.45, 2.75) is 36.9 Å². The molecule has 1 atom stereocenters. The van der Waals surface area contributed by atoms with Crippen LogP contribution in [0.25, 0.3) is 6.08 Å². The molecular formula is C26H21N5O6S3. The highest BCUT2D eigenvalue weighted by atomic mass is 32.2. The van der Waals surface area contributed by atoms with Crippen LogP contribution in [0.5, 0.6) is 0 Å². The number of aromatic amines is 1. The number of carbonyl (C=O) groups is 1. The number of ether oxygens (including phenoxy) is 1. The lowest BCUT2D eigenvalue weighted by Crippen LogP contribution is -2.39. The summed E-state index contributed by atoms with van der Waals surface area (Å²) < 4.78 is 7.05. The standard InChI is InChI=1S/C26H21N5O6S3/c1-4-37-24(34)21-14(3)28-26-30(22(21)18-6-5-9-38-18)23(33)19(40-26)12-15-7-8-17(16(11-15)31(35)36)39-25-27-13(2)10-20(32)29-25/h5-12,22H,4H2,1-3H3,(H,27,29,32)/b19-12+. The number of thiophene rings is 1. The number of benzene rings is 1. The van der Waals surface area contributed by atoms with Crippen molar-refractivity contribution in [2.75, 3.05) is 6.61 Å². The van der Waals surface area contributed by atoms with E-state index in [-0.39, 0.29) is 33.5 Å². The minimum Gasteiger partial charge on any atom is -0.463 e. The molecule has 204 valence electrons. The smallest absolute Gasteiger partial charge is 0.338 e. The van der Waals surface area contributed by atoms with E-state index in [0.29, 0.717) is 31.9 Å². The van der Waals surface area contributed by atoms with Crippen LogP contribution < -0.4 is 20.5 Å². The first-order valence-electron chi connectivity index (χ1n) is 11.9. The van der Waals surface area contributed by atoms with Crippen molar-refractivity contribution in [1.82, 2.24) is 14.5 Å². The molecule has 4 heterocycles. The van der Waals surface area contributed by atoms with Gasteiger partial charge < -0.3 is 9.72 Å². The zero-order valence-electron chi connectivity index (χ0n) is 21.4. The molecular weight excluding hydrogens is 575 g/mol. The Balaban J connectivity index is 1.60. The Morgan fingerprint density at radius 2 is 2.08 bits per heavy atom. The molecule has 14 heteroatoms. The van der Waals surface area contributed by atoms with Crippen LogP contribution in [0.2, 0.25) is 0 Å². The molecule has 3 aromatic heterocycles. The first-order valence-corrected chi connectivity index (χ1v) is 14.4. The van der Waals surface area contributed by atoms with E-state index in [1.807, 2.05) is 17.5 Å². The largest absolute Gasteiger partial charge is 0.463 e. The lowest BCUT2D eigenvalue weighted by molar-refractivity contribution is -0.387. The van der Waals surface area contributed by atoms with E-state index < -0.39 is 16.9 Å². The Morgan fingerprint density at radius 3 is 2.75 bits per heavy atom. The second-order valence-corrected chi connectivity index (χ2v) is 11.6. The highest BCUT2D eigenvalue weighted by Gasteiger charge is 2.34. The molecule has 0 amide bonds. The highest BCUT2D eigenvalue weighted by molar-refractivity contribution is 7.99. The summed E-state index contributed by atoms with van der Waals surface area (Å²) in [6.07, 6.45) is 1.56. The van der Waals surface area contributed by atoms with E-state index in [9.17, 15) is 24.5 Å². The number of nitrogens with zero attached hydrogens (tertiary/aromatic N) is 4. The fourth-order valence-corrected chi connectivity index (χ4v) is 7.01. The van der Waals surface area contributed by atoms with E-state index in [1.54, 1.807) is 39.0 Å². The summed E-state index contributed by atoms with van der Waals surface area (Å²) in [6.45, 7) is 5.26. The number of nitrogens with one attached hydrogen (secondary N) is 1. The number of fused-ring (bicyclic) bond motifs is 1. The molecule has 0 fully saturated rings. The number of nitro benzene ring substituents is 1. The molecule has 11 nitrogen and oxygen atoms in total. The van der Waals surface area contributed by atoms with Gasteiger partial charge in [-0.15, -0.1) is 11.3 Å². The minimum atomic E-state index is -0.699. The fourth-order valence-electron chi connectivity index (χ4n) is 4.22. The van der Waals surface area contributed by atoms with Crippen molar-refractivity contribution >= 4 is 52.2 Å². The summed E-state index contributed by atoms with van der Waals surface area (Å²) in [7, 11) is 0. The van der Waals surface area contributed by atoms with Crippen molar-refractivity contribution in [3.05, 3.63) is 109 Å². The maximum atomic E-state index is 13.7. The molecule has 4 aromatic rings. The van der Waals surface area contributed by atoms with Crippen LogP contribution in [0.4, 0.5) is 5.69 Å². The van der Waals surface area contributed by atoms with Crippen LogP contribution in [0, 0.1) is 17.0 Å². The first-order chi connectivity index (χ1) is 19.2. The number of carbonyl (C=O) groups excluding carboxylic acids is 1. The lowest BCUT2D eigenvalue weighted by atomic mass is 10.0. The van der Waals surface area contributed by atoms with Gasteiger partial charge in [-0.25, -0.2) is 14.8 Å². The Morgan fingerprint density at radius 1 is 1.27 bits per heavy atom. The molecule has 1 N–H and O–H groups in total. The fraction of sp³-hybridized carbons (Fsp3) is 0.192. The van der Waals surface area contributed by atoms with Crippen molar-refractivity contribution in [1.29, 1.82) is 0 Å². The third-order valence-corrected chi connectivity index (χ3v) is 8.72. The number of H-pyrrole nitrogens is 1. The van der Waals surface area contributed by atoms with Crippen molar-refractivity contribution in [3.63, 3.8) is 0 Å². The number of hydrogen-bond acceptors (Lipinski definition) is 11. The second kappa shape index (κ2) is 11.2. The zero-order chi connectivity index (χ0) is 28.6. The summed E-state index contributed by atoms with van der Waals surface area (Å²) in [5.41, 5.74) is 0.746. The summed E-state index contributed by atoms with van der Waals surface area (Å²) in [6, 6.07) is 8.88. The van der Waals surface area contributed by atoms with E-state index >= 15 is 0 Å². The van der Waals surface area contributed by atoms with Gasteiger partial charge in [-0.2, -0.15) is 0 Å². The van der Waals surface area contributed by atoms with Gasteiger partial charge in [0, 0.05) is 22.7 Å². The predicted octanol–water partition coefficient (Wildman–Crippen LogP) is 3.31. The number of allylic oxidation sites excluding steroid dienone is 1. The molecule has 0 saturated heterocycles. The number of aromatic nitrogens is 3. The van der Waals surface area contributed by atoms with Crippen LogP contribution in [0.15, 0.2) is 77.7 Å². The topological polar surface area (TPSA) is 150 Å². The molecule has 0 aliphatic carbocycles. The molecule has 0 bridgehead atoms. The molecule has 0 saturated carbocycles. The van der Waals surface area contributed by atoms with Gasteiger partial charge in [0.15, 0.2) is 9.96 Å². The Bertz CT molecular complexity index is 1920. The van der Waals surface area contributed by atoms with Crippen molar-refractivity contribution < 1.29 is 14.5 Å². The summed E-state index contributed by atoms with van der Waals surface area (Å²) in [5, 5.41) is 14.0. The average Bonchev–Trinajstić information content (AvgIpc) is 3.52. The van der Waals surface area contributed by atoms with Gasteiger partial charge in [0.25, 0.3) is 16.8 Å². The number of rotatable bonds is 7. The summed E-state index contributed by atoms with van der Waals surface area (Å²) in [5.74, 6) is -0.537. The molecule has 0 spiro atoms. The lowest BCUT2D eigenvalue weighted by Gasteiger charge is -2.23. The van der Waals surface area contributed by atoms with E-state index in [1.165, 1.54) is 28.0 Å². The monoisotopic (exact) mass is 595 g/mol.